The van der Waals surface area contributed by atoms with Crippen molar-refractivity contribution in [3.8, 4) is 11.3 Å². The van der Waals surface area contributed by atoms with Crippen LogP contribution < -0.4 is 16.0 Å². The Bertz CT molecular complexity index is 1580. The maximum absolute atomic E-state index is 12.8. The molecule has 0 spiro atoms. The van der Waals surface area contributed by atoms with E-state index in [9.17, 15) is 14.4 Å². The number of benzene rings is 2. The molecule has 0 aliphatic carbocycles. The number of anilines is 1. The van der Waals surface area contributed by atoms with Crippen molar-refractivity contribution in [1.29, 1.82) is 0 Å². The summed E-state index contributed by atoms with van der Waals surface area (Å²) in [5.74, 6) is -0.771. The lowest BCUT2D eigenvalue weighted by Crippen LogP contribution is -2.36. The van der Waals surface area contributed by atoms with Crippen LogP contribution in [0.4, 0.5) is 5.69 Å². The summed E-state index contributed by atoms with van der Waals surface area (Å²) in [6, 6.07) is 19.4. The van der Waals surface area contributed by atoms with E-state index in [0.717, 1.165) is 10.9 Å². The van der Waals surface area contributed by atoms with E-state index in [1.807, 2.05) is 6.07 Å². The highest BCUT2D eigenvalue weighted by atomic mass is 16.2. The summed E-state index contributed by atoms with van der Waals surface area (Å²) in [6.45, 7) is 0.626. The third-order valence-electron chi connectivity index (χ3n) is 5.66. The van der Waals surface area contributed by atoms with Crippen LogP contribution in [0.1, 0.15) is 20.8 Å². The molecule has 0 unspecified atom stereocenters. The van der Waals surface area contributed by atoms with Crippen LogP contribution in [0.3, 0.4) is 0 Å². The molecule has 5 rings (SSSR count). The van der Waals surface area contributed by atoms with E-state index >= 15 is 0 Å². The van der Waals surface area contributed by atoms with E-state index in [0.29, 0.717) is 35.6 Å². The van der Waals surface area contributed by atoms with E-state index in [4.69, 9.17) is 0 Å². The zero-order chi connectivity index (χ0) is 26.3. The second-order valence-corrected chi connectivity index (χ2v) is 8.42. The minimum Gasteiger partial charge on any atom is -0.353 e. The molecule has 4 N–H and O–H groups in total. The van der Waals surface area contributed by atoms with Crippen molar-refractivity contribution in [3.05, 3.63) is 96.6 Å². The standard InChI is InChI=1S/C27H24N8O3/c36-25(28-11-12-29-26(37)18-5-2-1-3-6-18)17-35-16-19-13-21(9-10-23(19)34-35)32-27(38)24-8-4-7-22(33-24)20-14-30-31-15-20/h1-10,13-16H,11-12,17H2,(H,28,36)(H,29,37)(H,30,31)(H,32,38). The third-order valence-corrected chi connectivity index (χ3v) is 5.66. The van der Waals surface area contributed by atoms with Crippen molar-refractivity contribution in [1.82, 2.24) is 35.6 Å². The lowest BCUT2D eigenvalue weighted by Gasteiger charge is -2.07. The summed E-state index contributed by atoms with van der Waals surface area (Å²) in [5.41, 5.74) is 3.53. The number of fused-ring (bicyclic) bond motifs is 1. The van der Waals surface area contributed by atoms with Crippen LogP contribution >= 0.6 is 0 Å². The maximum Gasteiger partial charge on any atom is 0.274 e. The fraction of sp³-hybridized carbons (Fsp3) is 0.111. The highest BCUT2D eigenvalue weighted by Crippen LogP contribution is 2.20. The number of aromatic nitrogens is 5. The fourth-order valence-corrected chi connectivity index (χ4v) is 3.82. The number of hydrogen-bond acceptors (Lipinski definition) is 6. The average molecular weight is 509 g/mol. The van der Waals surface area contributed by atoms with Gasteiger partial charge in [0, 0.05) is 47.7 Å². The van der Waals surface area contributed by atoms with Crippen LogP contribution in [0.25, 0.3) is 22.2 Å². The predicted molar refractivity (Wildman–Crippen MR) is 141 cm³/mol. The fourth-order valence-electron chi connectivity index (χ4n) is 3.82. The molecule has 0 radical (unpaired) electrons. The van der Waals surface area contributed by atoms with Gasteiger partial charge in [0.2, 0.25) is 5.91 Å². The number of H-pyrrole nitrogens is 1. The van der Waals surface area contributed by atoms with Gasteiger partial charge in [0.1, 0.15) is 12.2 Å². The van der Waals surface area contributed by atoms with Crippen LogP contribution in [-0.2, 0) is 11.3 Å². The lowest BCUT2D eigenvalue weighted by molar-refractivity contribution is -0.121. The molecule has 5 aromatic rings. The van der Waals surface area contributed by atoms with Gasteiger partial charge < -0.3 is 16.0 Å². The quantitative estimate of drug-likeness (QED) is 0.225. The van der Waals surface area contributed by atoms with Gasteiger partial charge in [0.25, 0.3) is 11.8 Å². The van der Waals surface area contributed by atoms with Crippen molar-refractivity contribution < 1.29 is 14.4 Å². The molecule has 0 atom stereocenters. The van der Waals surface area contributed by atoms with Gasteiger partial charge in [-0.3, -0.25) is 24.2 Å². The number of nitrogens with one attached hydrogen (secondary N) is 4. The van der Waals surface area contributed by atoms with Gasteiger partial charge in [-0.25, -0.2) is 4.98 Å². The number of hydrogen-bond donors (Lipinski definition) is 4. The van der Waals surface area contributed by atoms with Gasteiger partial charge in [0.15, 0.2) is 0 Å². The number of carbonyl (C=O) groups excluding carboxylic acids is 3. The molecule has 0 aliphatic heterocycles. The topological polar surface area (TPSA) is 147 Å². The summed E-state index contributed by atoms with van der Waals surface area (Å²) < 4.78 is 1.53. The van der Waals surface area contributed by atoms with E-state index in [1.165, 1.54) is 4.68 Å². The molecule has 0 bridgehead atoms. The largest absolute Gasteiger partial charge is 0.353 e. The van der Waals surface area contributed by atoms with Crippen molar-refractivity contribution >= 4 is 34.3 Å². The van der Waals surface area contributed by atoms with Gasteiger partial charge in [0.05, 0.1) is 17.4 Å². The molecule has 190 valence electrons. The maximum atomic E-state index is 12.8. The second kappa shape index (κ2) is 11.2. The van der Waals surface area contributed by atoms with E-state index in [1.54, 1.807) is 79.3 Å². The Labute approximate surface area is 217 Å². The van der Waals surface area contributed by atoms with Crippen LogP contribution in [0.2, 0.25) is 0 Å². The Morgan fingerprint density at radius 1 is 0.895 bits per heavy atom. The van der Waals surface area contributed by atoms with Gasteiger partial charge in [-0.05, 0) is 42.5 Å². The van der Waals surface area contributed by atoms with Crippen molar-refractivity contribution in [3.63, 3.8) is 0 Å². The Kier molecular flexibility index (Phi) is 7.16. The first-order valence-electron chi connectivity index (χ1n) is 11.9. The van der Waals surface area contributed by atoms with Crippen molar-refractivity contribution in [2.24, 2.45) is 0 Å². The number of nitrogens with zero attached hydrogens (tertiary/aromatic N) is 4. The molecule has 38 heavy (non-hydrogen) atoms. The summed E-state index contributed by atoms with van der Waals surface area (Å²) in [6.07, 6.45) is 5.08. The molecule has 3 amide bonds. The Morgan fingerprint density at radius 3 is 2.55 bits per heavy atom. The van der Waals surface area contributed by atoms with Crippen LogP contribution in [0, 0.1) is 0 Å². The smallest absolute Gasteiger partial charge is 0.274 e. The number of aromatic amines is 1. The number of rotatable bonds is 9. The molecule has 3 aromatic heterocycles. The van der Waals surface area contributed by atoms with Crippen molar-refractivity contribution in [2.45, 2.75) is 6.54 Å². The number of pyridine rings is 1. The molecule has 0 aliphatic rings. The predicted octanol–water partition coefficient (Wildman–Crippen LogP) is 2.62. The molecule has 3 heterocycles. The molecule has 0 saturated heterocycles. The Morgan fingerprint density at radius 2 is 1.74 bits per heavy atom. The Balaban J connectivity index is 1.14. The van der Waals surface area contributed by atoms with Gasteiger partial charge in [-0.2, -0.15) is 10.2 Å². The molecular formula is C27H24N8O3. The molecular weight excluding hydrogens is 484 g/mol. The lowest BCUT2D eigenvalue weighted by atomic mass is 10.2. The zero-order valence-corrected chi connectivity index (χ0v) is 20.2. The number of carbonyl (C=O) groups is 3. The zero-order valence-electron chi connectivity index (χ0n) is 20.2. The summed E-state index contributed by atoms with van der Waals surface area (Å²) in [4.78, 5) is 41.6. The van der Waals surface area contributed by atoms with Crippen LogP contribution in [0.15, 0.2) is 85.3 Å². The first-order chi connectivity index (χ1) is 18.5. The summed E-state index contributed by atoms with van der Waals surface area (Å²) >= 11 is 0. The van der Waals surface area contributed by atoms with Crippen molar-refractivity contribution in [2.75, 3.05) is 18.4 Å². The van der Waals surface area contributed by atoms with E-state index in [2.05, 4.69) is 36.2 Å². The average Bonchev–Trinajstić information content (AvgIpc) is 3.61. The monoisotopic (exact) mass is 508 g/mol. The summed E-state index contributed by atoms with van der Waals surface area (Å²) in [7, 11) is 0. The van der Waals surface area contributed by atoms with Gasteiger partial charge in [-0.15, -0.1) is 0 Å². The highest BCUT2D eigenvalue weighted by molar-refractivity contribution is 6.04. The normalized spacial score (nSPS) is 10.7. The first-order valence-corrected chi connectivity index (χ1v) is 11.9. The second-order valence-electron chi connectivity index (χ2n) is 8.42. The molecule has 11 nitrogen and oxygen atoms in total. The minimum atomic E-state index is -0.346. The molecule has 2 aromatic carbocycles. The van der Waals surface area contributed by atoms with Crippen LogP contribution in [-0.4, -0.2) is 55.8 Å². The Hall–Kier alpha value is -5.32. The van der Waals surface area contributed by atoms with Crippen LogP contribution in [0.5, 0.6) is 0 Å². The molecule has 0 saturated carbocycles. The van der Waals surface area contributed by atoms with E-state index < -0.39 is 0 Å². The summed E-state index contributed by atoms with van der Waals surface area (Å²) in [5, 5.41) is 20.2. The van der Waals surface area contributed by atoms with Gasteiger partial charge >= 0.3 is 0 Å². The first kappa shape index (κ1) is 24.4. The third kappa shape index (κ3) is 5.90. The minimum absolute atomic E-state index is 0.0216. The highest BCUT2D eigenvalue weighted by Gasteiger charge is 2.12. The molecule has 0 fully saturated rings. The van der Waals surface area contributed by atoms with E-state index in [-0.39, 0.29) is 30.0 Å². The number of amides is 3. The SMILES string of the molecule is O=C(Cn1cc2cc(NC(=O)c3cccc(-c4cn[nH]c4)n3)ccc2n1)NCCNC(=O)c1ccccc1. The van der Waals surface area contributed by atoms with Gasteiger partial charge in [-0.1, -0.05) is 24.3 Å². The molecule has 11 heteroatoms.